The maximum absolute atomic E-state index is 12.5. The van der Waals surface area contributed by atoms with Crippen LogP contribution in [0.5, 0.6) is 0 Å². The molecule has 0 aliphatic carbocycles. The van der Waals surface area contributed by atoms with E-state index in [1.807, 2.05) is 0 Å². The average Bonchev–Trinajstić information content (AvgIpc) is 2.78. The second kappa shape index (κ2) is 9.98. The van der Waals surface area contributed by atoms with Crippen molar-refractivity contribution in [1.29, 1.82) is 0 Å². The molecule has 31 heavy (non-hydrogen) atoms. The fourth-order valence-corrected chi connectivity index (χ4v) is 3.17. The number of aromatic nitrogens is 2. The van der Waals surface area contributed by atoms with E-state index in [1.54, 1.807) is 55.5 Å². The van der Waals surface area contributed by atoms with Gasteiger partial charge in [0.2, 0.25) is 5.91 Å². The summed E-state index contributed by atoms with van der Waals surface area (Å²) >= 11 is 3.31. The van der Waals surface area contributed by atoms with E-state index in [9.17, 15) is 19.2 Å². The number of hydrogen-bond donors (Lipinski definition) is 2. The zero-order valence-electron chi connectivity index (χ0n) is 16.6. The Hall–Kier alpha value is -3.53. The molecule has 160 valence electrons. The predicted molar refractivity (Wildman–Crippen MR) is 118 cm³/mol. The molecule has 2 amide bonds. The van der Waals surface area contributed by atoms with Crippen LogP contribution in [0, 0.1) is 0 Å². The minimum absolute atomic E-state index is 0.0588. The van der Waals surface area contributed by atoms with Crippen LogP contribution >= 0.6 is 15.9 Å². The first kappa shape index (κ1) is 22.2. The topological polar surface area (TPSA) is 119 Å². The number of nitrogens with zero attached hydrogens (tertiary/aromatic N) is 2. The number of carbonyl (C=O) groups excluding carboxylic acids is 3. The molecule has 9 nitrogen and oxygen atoms in total. The minimum Gasteiger partial charge on any atom is -0.451 e. The number of ether oxygens (including phenoxy) is 1. The van der Waals surface area contributed by atoms with Gasteiger partial charge in [0, 0.05) is 16.4 Å². The van der Waals surface area contributed by atoms with E-state index in [-0.39, 0.29) is 24.3 Å². The van der Waals surface area contributed by atoms with E-state index in [0.717, 1.165) is 4.68 Å². The second-order valence-corrected chi connectivity index (χ2v) is 7.25. The first-order valence-electron chi connectivity index (χ1n) is 9.38. The van der Waals surface area contributed by atoms with Crippen LogP contribution in [0.4, 0.5) is 5.69 Å². The predicted octanol–water partition coefficient (Wildman–Crippen LogP) is 2.09. The van der Waals surface area contributed by atoms with E-state index in [4.69, 9.17) is 4.74 Å². The van der Waals surface area contributed by atoms with Gasteiger partial charge in [-0.05, 0) is 41.1 Å². The SMILES string of the molecule is CCn1nc(C(=O)OCC(=O)NCC(=O)Nc2ccccc2Br)c2ccccc2c1=O. The Morgan fingerprint density at radius 1 is 1.03 bits per heavy atom. The molecule has 0 saturated heterocycles. The summed E-state index contributed by atoms with van der Waals surface area (Å²) in [5, 5.41) is 9.75. The van der Waals surface area contributed by atoms with Crippen LogP contribution in [0.15, 0.2) is 57.8 Å². The smallest absolute Gasteiger partial charge is 0.359 e. The number of aryl methyl sites for hydroxylation is 1. The molecule has 2 aromatic carbocycles. The van der Waals surface area contributed by atoms with Crippen molar-refractivity contribution in [2.45, 2.75) is 13.5 Å². The summed E-state index contributed by atoms with van der Waals surface area (Å²) in [5.74, 6) is -1.93. The fraction of sp³-hybridized carbons (Fsp3) is 0.190. The van der Waals surface area contributed by atoms with Crippen molar-refractivity contribution in [2.75, 3.05) is 18.5 Å². The van der Waals surface area contributed by atoms with E-state index in [0.29, 0.717) is 20.9 Å². The van der Waals surface area contributed by atoms with Gasteiger partial charge in [0.05, 0.1) is 17.6 Å². The van der Waals surface area contributed by atoms with Crippen molar-refractivity contribution in [3.05, 3.63) is 69.1 Å². The summed E-state index contributed by atoms with van der Waals surface area (Å²) < 4.78 is 6.90. The Bertz CT molecular complexity index is 1210. The monoisotopic (exact) mass is 486 g/mol. The lowest BCUT2D eigenvalue weighted by molar-refractivity contribution is -0.126. The third kappa shape index (κ3) is 5.34. The Kier molecular flexibility index (Phi) is 7.14. The van der Waals surface area contributed by atoms with Crippen molar-refractivity contribution in [2.24, 2.45) is 0 Å². The summed E-state index contributed by atoms with van der Waals surface area (Å²) in [6.45, 7) is 1.11. The van der Waals surface area contributed by atoms with Gasteiger partial charge in [0.25, 0.3) is 11.5 Å². The van der Waals surface area contributed by atoms with Crippen molar-refractivity contribution >= 4 is 50.2 Å². The molecule has 0 saturated carbocycles. The summed E-state index contributed by atoms with van der Waals surface area (Å²) in [4.78, 5) is 48.8. The van der Waals surface area contributed by atoms with E-state index in [2.05, 4.69) is 31.7 Å². The molecule has 0 aliphatic heterocycles. The number of anilines is 1. The Morgan fingerprint density at radius 3 is 2.42 bits per heavy atom. The number of para-hydroxylation sites is 1. The average molecular weight is 487 g/mol. The van der Waals surface area contributed by atoms with Gasteiger partial charge in [-0.25, -0.2) is 9.48 Å². The largest absolute Gasteiger partial charge is 0.451 e. The highest BCUT2D eigenvalue weighted by Crippen LogP contribution is 2.20. The highest BCUT2D eigenvalue weighted by Gasteiger charge is 2.19. The number of fused-ring (bicyclic) bond motifs is 1. The third-order valence-electron chi connectivity index (χ3n) is 4.29. The van der Waals surface area contributed by atoms with Gasteiger partial charge in [-0.3, -0.25) is 14.4 Å². The molecule has 0 aliphatic rings. The number of esters is 1. The van der Waals surface area contributed by atoms with Gasteiger partial charge in [0.1, 0.15) is 0 Å². The standard InChI is InChI=1S/C21H19BrN4O5/c1-2-26-20(29)14-8-4-3-7-13(14)19(25-26)21(30)31-12-18(28)23-11-17(27)24-16-10-6-5-9-15(16)22/h3-10H,2,11-12H2,1H3,(H,23,28)(H,24,27). The van der Waals surface area contributed by atoms with Gasteiger partial charge in [-0.2, -0.15) is 5.10 Å². The zero-order valence-corrected chi connectivity index (χ0v) is 18.1. The quantitative estimate of drug-likeness (QED) is 0.493. The maximum Gasteiger partial charge on any atom is 0.359 e. The van der Waals surface area contributed by atoms with Gasteiger partial charge >= 0.3 is 5.97 Å². The molecule has 2 N–H and O–H groups in total. The van der Waals surface area contributed by atoms with Crippen LogP contribution in [0.1, 0.15) is 17.4 Å². The molecule has 1 aromatic heterocycles. The van der Waals surface area contributed by atoms with Crippen molar-refractivity contribution in [1.82, 2.24) is 15.1 Å². The lowest BCUT2D eigenvalue weighted by Gasteiger charge is -2.10. The number of carbonyl (C=O) groups is 3. The molecule has 0 spiro atoms. The third-order valence-corrected chi connectivity index (χ3v) is 4.98. The van der Waals surface area contributed by atoms with Gasteiger partial charge in [-0.15, -0.1) is 0 Å². The Morgan fingerprint density at radius 2 is 1.71 bits per heavy atom. The lowest BCUT2D eigenvalue weighted by Crippen LogP contribution is -2.36. The zero-order chi connectivity index (χ0) is 22.4. The van der Waals surface area contributed by atoms with Gasteiger partial charge in [-0.1, -0.05) is 30.3 Å². The van der Waals surface area contributed by atoms with Crippen LogP contribution in [0.3, 0.4) is 0 Å². The Labute approximate surface area is 185 Å². The molecular formula is C21H19BrN4O5. The molecule has 0 radical (unpaired) electrons. The Balaban J connectivity index is 1.59. The first-order chi connectivity index (χ1) is 14.9. The van der Waals surface area contributed by atoms with Crippen molar-refractivity contribution < 1.29 is 19.1 Å². The number of halogens is 1. The number of benzene rings is 2. The van der Waals surface area contributed by atoms with Crippen molar-refractivity contribution in [3.8, 4) is 0 Å². The molecule has 3 aromatic rings. The summed E-state index contributed by atoms with van der Waals surface area (Å²) in [7, 11) is 0. The molecule has 0 unspecified atom stereocenters. The molecular weight excluding hydrogens is 468 g/mol. The van der Waals surface area contributed by atoms with E-state index < -0.39 is 24.4 Å². The van der Waals surface area contributed by atoms with Crippen LogP contribution in [-0.2, 0) is 20.9 Å². The number of nitrogens with one attached hydrogen (secondary N) is 2. The normalized spacial score (nSPS) is 10.5. The molecule has 0 fully saturated rings. The number of hydrogen-bond acceptors (Lipinski definition) is 6. The summed E-state index contributed by atoms with van der Waals surface area (Å²) in [6.07, 6.45) is 0. The molecule has 10 heteroatoms. The highest BCUT2D eigenvalue weighted by molar-refractivity contribution is 9.10. The fourth-order valence-electron chi connectivity index (χ4n) is 2.79. The van der Waals surface area contributed by atoms with E-state index in [1.165, 1.54) is 0 Å². The second-order valence-electron chi connectivity index (χ2n) is 6.40. The highest BCUT2D eigenvalue weighted by atomic mass is 79.9. The number of rotatable bonds is 7. The molecule has 0 atom stereocenters. The molecule has 1 heterocycles. The van der Waals surface area contributed by atoms with E-state index >= 15 is 0 Å². The first-order valence-corrected chi connectivity index (χ1v) is 10.2. The lowest BCUT2D eigenvalue weighted by atomic mass is 10.1. The molecule has 3 rings (SSSR count). The minimum atomic E-state index is -0.841. The van der Waals surface area contributed by atoms with Crippen molar-refractivity contribution in [3.63, 3.8) is 0 Å². The maximum atomic E-state index is 12.5. The van der Waals surface area contributed by atoms with Crippen LogP contribution in [0.25, 0.3) is 10.8 Å². The van der Waals surface area contributed by atoms with Crippen LogP contribution in [-0.4, -0.2) is 40.7 Å². The molecule has 0 bridgehead atoms. The summed E-state index contributed by atoms with van der Waals surface area (Å²) in [5.41, 5.74) is 0.192. The van der Waals surface area contributed by atoms with Crippen LogP contribution in [0.2, 0.25) is 0 Å². The number of amides is 2. The van der Waals surface area contributed by atoms with Gasteiger partial charge < -0.3 is 15.4 Å². The van der Waals surface area contributed by atoms with Crippen LogP contribution < -0.4 is 16.2 Å². The summed E-state index contributed by atoms with van der Waals surface area (Å²) in [6, 6.07) is 13.6. The van der Waals surface area contributed by atoms with Gasteiger partial charge in [0.15, 0.2) is 12.3 Å².